The van der Waals surface area contributed by atoms with E-state index in [1.807, 2.05) is 31.5 Å². The van der Waals surface area contributed by atoms with Gasteiger partial charge in [-0.05, 0) is 32.4 Å². The van der Waals surface area contributed by atoms with Crippen LogP contribution in [-0.4, -0.2) is 29.2 Å². The number of aryl methyl sites for hydroxylation is 2. The van der Waals surface area contributed by atoms with Crippen LogP contribution in [0.25, 0.3) is 21.8 Å². The van der Waals surface area contributed by atoms with Crippen molar-refractivity contribution in [1.82, 2.24) is 9.55 Å². The van der Waals surface area contributed by atoms with E-state index >= 15 is 0 Å². The Morgan fingerprint density at radius 1 is 1.25 bits per heavy atom. The highest BCUT2D eigenvalue weighted by atomic mass is 16.5. The molecule has 0 bridgehead atoms. The molecular weight excluding hydrogens is 308 g/mol. The summed E-state index contributed by atoms with van der Waals surface area (Å²) in [6, 6.07) is 3.13. The molecular formula is C18H20N2O4. The van der Waals surface area contributed by atoms with Gasteiger partial charge in [0.2, 0.25) is 0 Å². The van der Waals surface area contributed by atoms with Gasteiger partial charge in [0, 0.05) is 24.2 Å². The molecule has 0 amide bonds. The number of carbonyl (C=O) groups excluding carboxylic acids is 1. The number of hydrogen-bond donors (Lipinski definition) is 1. The minimum atomic E-state index is -0.558. The van der Waals surface area contributed by atoms with Crippen LogP contribution >= 0.6 is 0 Å². The van der Waals surface area contributed by atoms with Gasteiger partial charge in [-0.3, -0.25) is 4.79 Å². The van der Waals surface area contributed by atoms with Gasteiger partial charge in [0.15, 0.2) is 11.2 Å². The van der Waals surface area contributed by atoms with Gasteiger partial charge in [-0.1, -0.05) is 0 Å². The number of H-pyrrole nitrogens is 1. The smallest absolute Gasteiger partial charge is 0.354 e. The maximum absolute atomic E-state index is 12.5. The van der Waals surface area contributed by atoms with Gasteiger partial charge in [0.1, 0.15) is 5.69 Å². The van der Waals surface area contributed by atoms with E-state index < -0.39 is 5.97 Å². The quantitative estimate of drug-likeness (QED) is 0.750. The molecule has 6 heteroatoms. The highest BCUT2D eigenvalue weighted by Gasteiger charge is 2.20. The largest absolute Gasteiger partial charge is 0.492 e. The fourth-order valence-corrected chi connectivity index (χ4v) is 3.10. The standard InChI is InChI=1S/C18H20N2O4/c1-6-24-18(22)13-8-14(21)12-7-11-9(2)10(3)20(4)16(11)17(23-5)15(12)19-13/h7-8H,6H2,1-5H3,(H,19,21). The van der Waals surface area contributed by atoms with Gasteiger partial charge in [0.05, 0.1) is 30.1 Å². The predicted octanol–water partition coefficient (Wildman–Crippen LogP) is 2.82. The van der Waals surface area contributed by atoms with Crippen molar-refractivity contribution in [2.24, 2.45) is 7.05 Å². The van der Waals surface area contributed by atoms with Crippen LogP contribution in [0.2, 0.25) is 0 Å². The van der Waals surface area contributed by atoms with E-state index in [1.54, 1.807) is 14.0 Å². The molecule has 0 aliphatic heterocycles. The lowest BCUT2D eigenvalue weighted by molar-refractivity contribution is 0.0520. The van der Waals surface area contributed by atoms with E-state index in [1.165, 1.54) is 6.07 Å². The Hall–Kier alpha value is -2.76. The maximum atomic E-state index is 12.5. The minimum absolute atomic E-state index is 0.120. The van der Waals surface area contributed by atoms with E-state index in [4.69, 9.17) is 9.47 Å². The third kappa shape index (κ3) is 2.18. The fourth-order valence-electron chi connectivity index (χ4n) is 3.10. The number of nitrogens with zero attached hydrogens (tertiary/aromatic N) is 1. The Balaban J connectivity index is 2.47. The highest BCUT2D eigenvalue weighted by molar-refractivity contribution is 6.05. The third-order valence-electron chi connectivity index (χ3n) is 4.54. The molecule has 0 fully saturated rings. The van der Waals surface area contributed by atoms with E-state index in [0.717, 1.165) is 22.2 Å². The van der Waals surface area contributed by atoms with Gasteiger partial charge < -0.3 is 19.0 Å². The summed E-state index contributed by atoms with van der Waals surface area (Å²) in [7, 11) is 3.51. The predicted molar refractivity (Wildman–Crippen MR) is 93.0 cm³/mol. The number of hydrogen-bond acceptors (Lipinski definition) is 4. The Morgan fingerprint density at radius 3 is 2.58 bits per heavy atom. The van der Waals surface area contributed by atoms with Crippen LogP contribution in [0.4, 0.5) is 0 Å². The van der Waals surface area contributed by atoms with Gasteiger partial charge >= 0.3 is 5.97 Å². The summed E-state index contributed by atoms with van der Waals surface area (Å²) in [5.74, 6) is -0.0117. The zero-order chi connectivity index (χ0) is 17.6. The molecule has 2 heterocycles. The number of ether oxygens (including phenoxy) is 2. The van der Waals surface area contributed by atoms with Crippen LogP contribution in [0.3, 0.4) is 0 Å². The SMILES string of the molecule is CCOC(=O)c1cc(=O)c2cc3c(C)c(C)n(C)c3c(OC)c2[nH]1. The topological polar surface area (TPSA) is 73.3 Å². The number of esters is 1. The summed E-state index contributed by atoms with van der Waals surface area (Å²) >= 11 is 0. The van der Waals surface area contributed by atoms with Crippen molar-refractivity contribution in [3.05, 3.63) is 39.3 Å². The minimum Gasteiger partial charge on any atom is -0.492 e. The van der Waals surface area contributed by atoms with Crippen LogP contribution in [0.15, 0.2) is 16.9 Å². The molecule has 24 heavy (non-hydrogen) atoms. The average molecular weight is 328 g/mol. The van der Waals surface area contributed by atoms with Crippen LogP contribution in [0.1, 0.15) is 28.7 Å². The zero-order valence-corrected chi connectivity index (χ0v) is 14.4. The number of aromatic amines is 1. The number of nitrogens with one attached hydrogen (secondary N) is 1. The first-order valence-electron chi connectivity index (χ1n) is 7.77. The molecule has 0 saturated carbocycles. The molecule has 1 aromatic carbocycles. The molecule has 0 unspecified atom stereocenters. The molecule has 0 atom stereocenters. The molecule has 0 aliphatic rings. The highest BCUT2D eigenvalue weighted by Crippen LogP contribution is 2.36. The lowest BCUT2D eigenvalue weighted by atomic mass is 10.1. The second kappa shape index (κ2) is 5.70. The Bertz CT molecular complexity index is 1030. The second-order valence-electron chi connectivity index (χ2n) is 5.77. The molecule has 0 aliphatic carbocycles. The maximum Gasteiger partial charge on any atom is 0.354 e. The number of aromatic nitrogens is 2. The van der Waals surface area contributed by atoms with Crippen LogP contribution < -0.4 is 10.2 Å². The van der Waals surface area contributed by atoms with Crippen molar-refractivity contribution in [1.29, 1.82) is 0 Å². The Labute approximate surface area is 139 Å². The third-order valence-corrected chi connectivity index (χ3v) is 4.54. The van der Waals surface area contributed by atoms with Gasteiger partial charge in [-0.15, -0.1) is 0 Å². The van der Waals surface area contributed by atoms with Gasteiger partial charge in [-0.25, -0.2) is 4.79 Å². The molecule has 126 valence electrons. The molecule has 6 nitrogen and oxygen atoms in total. The van der Waals surface area contributed by atoms with Crippen molar-refractivity contribution >= 4 is 27.8 Å². The first kappa shape index (κ1) is 16.1. The van der Waals surface area contributed by atoms with E-state index in [2.05, 4.69) is 4.98 Å². The first-order valence-corrected chi connectivity index (χ1v) is 7.77. The number of rotatable bonds is 3. The molecule has 1 N–H and O–H groups in total. The number of fused-ring (bicyclic) bond motifs is 2. The van der Waals surface area contributed by atoms with Gasteiger partial charge in [-0.2, -0.15) is 0 Å². The lowest BCUT2D eigenvalue weighted by Crippen LogP contribution is -2.13. The monoisotopic (exact) mass is 328 g/mol. The normalized spacial score (nSPS) is 11.2. The summed E-state index contributed by atoms with van der Waals surface area (Å²) in [5.41, 5.74) is 3.46. The number of methoxy groups -OCH3 is 1. The summed E-state index contributed by atoms with van der Waals surface area (Å²) in [4.78, 5) is 27.5. The summed E-state index contributed by atoms with van der Waals surface area (Å²) in [6.45, 7) is 6.00. The lowest BCUT2D eigenvalue weighted by Gasteiger charge is -2.11. The molecule has 0 spiro atoms. The zero-order valence-electron chi connectivity index (χ0n) is 14.4. The van der Waals surface area contributed by atoms with Crippen LogP contribution in [-0.2, 0) is 11.8 Å². The fraction of sp³-hybridized carbons (Fsp3) is 0.333. The Kier molecular flexibility index (Phi) is 3.83. The van der Waals surface area contributed by atoms with Crippen LogP contribution in [0, 0.1) is 13.8 Å². The number of pyridine rings is 1. The first-order chi connectivity index (χ1) is 11.4. The Morgan fingerprint density at radius 2 is 1.96 bits per heavy atom. The number of benzene rings is 1. The van der Waals surface area contributed by atoms with Crippen LogP contribution in [0.5, 0.6) is 5.75 Å². The van der Waals surface area contributed by atoms with Crippen molar-refractivity contribution in [2.75, 3.05) is 13.7 Å². The van der Waals surface area contributed by atoms with Crippen molar-refractivity contribution in [2.45, 2.75) is 20.8 Å². The van der Waals surface area contributed by atoms with Crippen molar-refractivity contribution in [3.63, 3.8) is 0 Å². The molecule has 3 rings (SSSR count). The molecule has 0 saturated heterocycles. The second-order valence-corrected chi connectivity index (χ2v) is 5.77. The summed E-state index contributed by atoms with van der Waals surface area (Å²) in [5, 5.41) is 1.45. The molecule has 3 aromatic rings. The van der Waals surface area contributed by atoms with Crippen molar-refractivity contribution in [3.8, 4) is 5.75 Å². The molecule has 2 aromatic heterocycles. The van der Waals surface area contributed by atoms with Crippen molar-refractivity contribution < 1.29 is 14.3 Å². The van der Waals surface area contributed by atoms with E-state index in [9.17, 15) is 9.59 Å². The summed E-state index contributed by atoms with van der Waals surface area (Å²) < 4.78 is 12.6. The van der Waals surface area contributed by atoms with E-state index in [-0.39, 0.29) is 17.7 Å². The van der Waals surface area contributed by atoms with E-state index in [0.29, 0.717) is 16.7 Å². The van der Waals surface area contributed by atoms with Gasteiger partial charge in [0.25, 0.3) is 0 Å². The average Bonchev–Trinajstić information content (AvgIpc) is 2.78. The summed E-state index contributed by atoms with van der Waals surface area (Å²) in [6.07, 6.45) is 0. The molecule has 0 radical (unpaired) electrons. The number of carbonyl (C=O) groups is 1.